The van der Waals surface area contributed by atoms with Gasteiger partial charge in [-0.2, -0.15) is 4.98 Å². The third-order valence-electron chi connectivity index (χ3n) is 4.91. The van der Waals surface area contributed by atoms with Crippen molar-refractivity contribution in [2.75, 3.05) is 29.9 Å². The molecule has 1 aromatic heterocycles. The Morgan fingerprint density at radius 2 is 1.84 bits per heavy atom. The van der Waals surface area contributed by atoms with Crippen LogP contribution in [0.2, 0.25) is 0 Å². The van der Waals surface area contributed by atoms with Gasteiger partial charge in [0.15, 0.2) is 5.58 Å². The molecule has 0 radical (unpaired) electrons. The van der Waals surface area contributed by atoms with E-state index < -0.39 is 0 Å². The number of aliphatic hydroxyl groups excluding tert-OH is 1. The fraction of sp³-hybridized carbons (Fsp3) is 0.350. The Hall–Kier alpha value is -2.53. The van der Waals surface area contributed by atoms with E-state index in [0.29, 0.717) is 25.1 Å². The van der Waals surface area contributed by atoms with Crippen molar-refractivity contribution < 1.29 is 9.52 Å². The maximum Gasteiger partial charge on any atom is 0.295 e. The molecule has 4 rings (SSSR count). The topological polar surface area (TPSA) is 61.5 Å². The number of para-hydroxylation sites is 2. The van der Waals surface area contributed by atoms with Crippen molar-refractivity contribution in [3.63, 3.8) is 0 Å². The van der Waals surface area contributed by atoms with Crippen molar-refractivity contribution in [3.8, 4) is 0 Å². The van der Waals surface area contributed by atoms with Gasteiger partial charge >= 0.3 is 0 Å². The number of benzene rings is 2. The van der Waals surface area contributed by atoms with Crippen LogP contribution in [-0.2, 0) is 6.54 Å². The molecule has 130 valence electrons. The Morgan fingerprint density at radius 1 is 1.08 bits per heavy atom. The summed E-state index contributed by atoms with van der Waals surface area (Å²) in [6, 6.07) is 16.9. The van der Waals surface area contributed by atoms with Gasteiger partial charge in [0.25, 0.3) is 6.01 Å². The highest BCUT2D eigenvalue weighted by molar-refractivity contribution is 5.74. The normalized spacial score (nSPS) is 15.6. The molecular formula is C20H23N3O2. The van der Waals surface area contributed by atoms with Crippen molar-refractivity contribution in [3.05, 3.63) is 54.1 Å². The summed E-state index contributed by atoms with van der Waals surface area (Å²) in [6.07, 6.45) is 2.13. The third-order valence-corrected chi connectivity index (χ3v) is 4.91. The molecule has 1 aliphatic heterocycles. The van der Waals surface area contributed by atoms with E-state index >= 15 is 0 Å². The molecule has 1 saturated heterocycles. The molecule has 2 N–H and O–H groups in total. The highest BCUT2D eigenvalue weighted by atomic mass is 16.4. The van der Waals surface area contributed by atoms with Gasteiger partial charge < -0.3 is 19.7 Å². The number of rotatable bonds is 5. The molecule has 25 heavy (non-hydrogen) atoms. The number of hydrogen-bond acceptors (Lipinski definition) is 5. The number of fused-ring (bicyclic) bond motifs is 1. The molecule has 3 aromatic rings. The summed E-state index contributed by atoms with van der Waals surface area (Å²) in [5, 5.41) is 12.5. The SMILES string of the molecule is OCC1CCN(c2ccc(CNc3nc4ccccc4o3)cc2)CC1. The van der Waals surface area contributed by atoms with E-state index in [0.717, 1.165) is 37.0 Å². The summed E-state index contributed by atoms with van der Waals surface area (Å²) < 4.78 is 5.68. The molecule has 0 bridgehead atoms. The van der Waals surface area contributed by atoms with Crippen LogP contribution in [-0.4, -0.2) is 29.8 Å². The molecule has 1 fully saturated rings. The number of aliphatic hydroxyl groups is 1. The number of aromatic nitrogens is 1. The average Bonchev–Trinajstić information content (AvgIpc) is 3.10. The average molecular weight is 337 g/mol. The van der Waals surface area contributed by atoms with E-state index in [2.05, 4.69) is 39.5 Å². The van der Waals surface area contributed by atoms with Crippen LogP contribution in [0.3, 0.4) is 0 Å². The van der Waals surface area contributed by atoms with Crippen molar-refractivity contribution in [2.45, 2.75) is 19.4 Å². The molecular weight excluding hydrogens is 314 g/mol. The fourth-order valence-corrected chi connectivity index (χ4v) is 3.32. The summed E-state index contributed by atoms with van der Waals surface area (Å²) in [6.45, 7) is 3.03. The molecule has 2 heterocycles. The molecule has 0 aliphatic carbocycles. The second-order valence-corrected chi connectivity index (χ2v) is 6.62. The van der Waals surface area contributed by atoms with Gasteiger partial charge in [-0.25, -0.2) is 0 Å². The molecule has 5 nitrogen and oxygen atoms in total. The van der Waals surface area contributed by atoms with Gasteiger partial charge in [-0.05, 0) is 48.6 Å². The maximum atomic E-state index is 9.25. The Bertz CT molecular complexity index is 787. The quantitative estimate of drug-likeness (QED) is 0.744. The van der Waals surface area contributed by atoms with Crippen molar-refractivity contribution in [2.24, 2.45) is 5.92 Å². The van der Waals surface area contributed by atoms with E-state index in [1.807, 2.05) is 24.3 Å². The largest absolute Gasteiger partial charge is 0.424 e. The van der Waals surface area contributed by atoms with Crippen molar-refractivity contribution in [1.29, 1.82) is 0 Å². The summed E-state index contributed by atoms with van der Waals surface area (Å²) in [5.41, 5.74) is 4.11. The van der Waals surface area contributed by atoms with Crippen LogP contribution in [0.4, 0.5) is 11.7 Å². The summed E-state index contributed by atoms with van der Waals surface area (Å²) in [4.78, 5) is 6.82. The lowest BCUT2D eigenvalue weighted by molar-refractivity contribution is 0.203. The van der Waals surface area contributed by atoms with Crippen LogP contribution >= 0.6 is 0 Å². The molecule has 0 spiro atoms. The standard InChI is InChI=1S/C20H23N3O2/c24-14-16-9-11-23(12-10-16)17-7-5-15(6-8-17)13-21-20-22-18-3-1-2-4-19(18)25-20/h1-8,16,24H,9-14H2,(H,21,22). The van der Waals surface area contributed by atoms with E-state index in [1.54, 1.807) is 0 Å². The van der Waals surface area contributed by atoms with Gasteiger partial charge in [0.1, 0.15) is 5.52 Å². The molecule has 2 aromatic carbocycles. The van der Waals surface area contributed by atoms with Crippen LogP contribution in [0.25, 0.3) is 11.1 Å². The van der Waals surface area contributed by atoms with Crippen LogP contribution in [0.15, 0.2) is 52.9 Å². The molecule has 5 heteroatoms. The smallest absolute Gasteiger partial charge is 0.295 e. The first-order chi connectivity index (χ1) is 12.3. The Labute approximate surface area is 147 Å². The first-order valence-corrected chi connectivity index (χ1v) is 8.86. The zero-order chi connectivity index (χ0) is 17.1. The van der Waals surface area contributed by atoms with Gasteiger partial charge in [-0.1, -0.05) is 24.3 Å². The number of oxazole rings is 1. The van der Waals surface area contributed by atoms with E-state index in [1.165, 1.54) is 11.3 Å². The number of hydrogen-bond donors (Lipinski definition) is 2. The first kappa shape index (κ1) is 16.0. The number of nitrogens with zero attached hydrogens (tertiary/aromatic N) is 2. The summed E-state index contributed by atoms with van der Waals surface area (Å²) in [7, 11) is 0. The summed E-state index contributed by atoms with van der Waals surface area (Å²) in [5.74, 6) is 0.469. The predicted octanol–water partition coefficient (Wildman–Crippen LogP) is 3.65. The Morgan fingerprint density at radius 3 is 2.56 bits per heavy atom. The van der Waals surface area contributed by atoms with Gasteiger partial charge in [-0.3, -0.25) is 0 Å². The Kier molecular flexibility index (Phi) is 4.57. The van der Waals surface area contributed by atoms with Gasteiger partial charge in [0, 0.05) is 31.9 Å². The molecule has 1 aliphatic rings. The van der Waals surface area contributed by atoms with E-state index in [9.17, 15) is 5.11 Å². The number of piperidine rings is 1. The van der Waals surface area contributed by atoms with Crippen molar-refractivity contribution >= 4 is 22.8 Å². The van der Waals surface area contributed by atoms with Crippen molar-refractivity contribution in [1.82, 2.24) is 4.98 Å². The van der Waals surface area contributed by atoms with Crippen LogP contribution in [0.5, 0.6) is 0 Å². The third kappa shape index (κ3) is 3.61. The fourth-order valence-electron chi connectivity index (χ4n) is 3.32. The van der Waals surface area contributed by atoms with E-state index in [4.69, 9.17) is 4.42 Å². The second-order valence-electron chi connectivity index (χ2n) is 6.62. The number of nitrogens with one attached hydrogen (secondary N) is 1. The molecule has 0 amide bonds. The predicted molar refractivity (Wildman–Crippen MR) is 99.8 cm³/mol. The Balaban J connectivity index is 1.36. The van der Waals surface area contributed by atoms with Gasteiger partial charge in [0.2, 0.25) is 0 Å². The monoisotopic (exact) mass is 337 g/mol. The zero-order valence-electron chi connectivity index (χ0n) is 14.2. The lowest BCUT2D eigenvalue weighted by atomic mass is 9.97. The minimum atomic E-state index is 0.314. The minimum absolute atomic E-state index is 0.314. The van der Waals surface area contributed by atoms with Crippen LogP contribution in [0, 0.1) is 5.92 Å². The summed E-state index contributed by atoms with van der Waals surface area (Å²) >= 11 is 0. The number of anilines is 2. The lowest BCUT2D eigenvalue weighted by Gasteiger charge is -2.33. The van der Waals surface area contributed by atoms with Gasteiger partial charge in [0.05, 0.1) is 0 Å². The molecule has 0 atom stereocenters. The lowest BCUT2D eigenvalue weighted by Crippen LogP contribution is -2.34. The first-order valence-electron chi connectivity index (χ1n) is 8.86. The maximum absolute atomic E-state index is 9.25. The highest BCUT2D eigenvalue weighted by Crippen LogP contribution is 2.24. The molecule has 0 unspecified atom stereocenters. The zero-order valence-corrected chi connectivity index (χ0v) is 14.2. The van der Waals surface area contributed by atoms with E-state index in [-0.39, 0.29) is 0 Å². The van der Waals surface area contributed by atoms with Gasteiger partial charge in [-0.15, -0.1) is 0 Å². The van der Waals surface area contributed by atoms with Crippen LogP contribution < -0.4 is 10.2 Å². The highest BCUT2D eigenvalue weighted by Gasteiger charge is 2.18. The minimum Gasteiger partial charge on any atom is -0.424 e. The second kappa shape index (κ2) is 7.15. The molecule has 0 saturated carbocycles. The van der Waals surface area contributed by atoms with Crippen LogP contribution in [0.1, 0.15) is 18.4 Å².